The maximum atomic E-state index is 11.3. The van der Waals surface area contributed by atoms with Gasteiger partial charge in [-0.25, -0.2) is 4.79 Å². The highest BCUT2D eigenvalue weighted by Crippen LogP contribution is 2.18. The first kappa shape index (κ1) is 14.9. The number of ether oxygens (including phenoxy) is 2. The zero-order valence-corrected chi connectivity index (χ0v) is 12.2. The molecule has 2 N–H and O–H groups in total. The van der Waals surface area contributed by atoms with Crippen molar-refractivity contribution in [3.63, 3.8) is 0 Å². The molecule has 1 aromatic heterocycles. The van der Waals surface area contributed by atoms with Crippen LogP contribution in [0.4, 0.5) is 0 Å². The molecule has 0 aliphatic rings. The molecule has 0 unspecified atom stereocenters. The highest BCUT2D eigenvalue weighted by molar-refractivity contribution is 7.80. The van der Waals surface area contributed by atoms with Gasteiger partial charge in [-0.05, 0) is 24.3 Å². The lowest BCUT2D eigenvalue weighted by atomic mass is 10.2. The fourth-order valence-electron chi connectivity index (χ4n) is 1.70. The van der Waals surface area contributed by atoms with E-state index in [2.05, 4.69) is 9.72 Å². The van der Waals surface area contributed by atoms with E-state index in [1.54, 1.807) is 24.3 Å². The minimum Gasteiger partial charge on any atom is -0.487 e. The number of carbonyl (C=O) groups excluding carboxylic acids is 1. The first-order valence-corrected chi connectivity index (χ1v) is 6.57. The van der Waals surface area contributed by atoms with E-state index in [-0.39, 0.29) is 11.6 Å². The van der Waals surface area contributed by atoms with Gasteiger partial charge in [-0.2, -0.15) is 0 Å². The van der Waals surface area contributed by atoms with E-state index in [0.29, 0.717) is 22.6 Å². The van der Waals surface area contributed by atoms with Crippen LogP contribution in [0.3, 0.4) is 0 Å². The van der Waals surface area contributed by atoms with E-state index in [1.807, 2.05) is 12.1 Å². The summed E-state index contributed by atoms with van der Waals surface area (Å²) >= 11 is 4.97. The molecule has 6 heteroatoms. The summed E-state index contributed by atoms with van der Waals surface area (Å²) in [5, 5.41) is 0. The zero-order chi connectivity index (χ0) is 15.2. The van der Waals surface area contributed by atoms with Crippen molar-refractivity contribution in [3.05, 3.63) is 59.4 Å². The van der Waals surface area contributed by atoms with Gasteiger partial charge in [-0.3, -0.25) is 4.98 Å². The van der Waals surface area contributed by atoms with Gasteiger partial charge < -0.3 is 15.2 Å². The number of carbonyl (C=O) groups is 1. The van der Waals surface area contributed by atoms with Crippen LogP contribution >= 0.6 is 12.2 Å². The molecule has 0 spiro atoms. The molecule has 5 nitrogen and oxygen atoms in total. The molecule has 21 heavy (non-hydrogen) atoms. The fraction of sp³-hybridized carbons (Fsp3) is 0.133. The summed E-state index contributed by atoms with van der Waals surface area (Å²) in [5.41, 5.74) is 7.39. The largest absolute Gasteiger partial charge is 0.487 e. The number of thiocarbonyl (C=S) groups is 1. The highest BCUT2D eigenvalue weighted by atomic mass is 32.1. The van der Waals surface area contributed by atoms with Crippen molar-refractivity contribution >= 4 is 23.2 Å². The number of aromatic nitrogens is 1. The van der Waals surface area contributed by atoms with E-state index in [9.17, 15) is 4.79 Å². The Bertz CT molecular complexity index is 656. The Morgan fingerprint density at radius 3 is 2.67 bits per heavy atom. The quantitative estimate of drug-likeness (QED) is 0.673. The number of pyridine rings is 1. The van der Waals surface area contributed by atoms with Crippen LogP contribution < -0.4 is 10.5 Å². The van der Waals surface area contributed by atoms with Gasteiger partial charge in [0.2, 0.25) is 0 Å². The van der Waals surface area contributed by atoms with Crippen molar-refractivity contribution < 1.29 is 14.3 Å². The molecule has 0 bridgehead atoms. The zero-order valence-electron chi connectivity index (χ0n) is 11.4. The van der Waals surface area contributed by atoms with Gasteiger partial charge in [0.25, 0.3) is 0 Å². The van der Waals surface area contributed by atoms with Crippen LogP contribution in [0.2, 0.25) is 0 Å². The van der Waals surface area contributed by atoms with Crippen LogP contribution in [0.15, 0.2) is 42.6 Å². The number of esters is 1. The third kappa shape index (κ3) is 3.76. The lowest BCUT2D eigenvalue weighted by Gasteiger charge is -2.10. The highest BCUT2D eigenvalue weighted by Gasteiger charge is 2.08. The van der Waals surface area contributed by atoms with Crippen molar-refractivity contribution in [3.8, 4) is 5.75 Å². The molecule has 0 aliphatic heterocycles. The van der Waals surface area contributed by atoms with Crippen LogP contribution in [-0.4, -0.2) is 23.1 Å². The van der Waals surface area contributed by atoms with Crippen molar-refractivity contribution in [1.82, 2.24) is 4.98 Å². The number of benzene rings is 1. The molecule has 2 rings (SSSR count). The van der Waals surface area contributed by atoms with Gasteiger partial charge in [0.15, 0.2) is 0 Å². The topological polar surface area (TPSA) is 74.4 Å². The molecule has 1 heterocycles. The lowest BCUT2D eigenvalue weighted by Crippen LogP contribution is -2.12. The molecule has 108 valence electrons. The summed E-state index contributed by atoms with van der Waals surface area (Å²) in [7, 11) is 1.33. The van der Waals surface area contributed by atoms with Gasteiger partial charge >= 0.3 is 5.97 Å². The average Bonchev–Trinajstić information content (AvgIpc) is 2.52. The summed E-state index contributed by atoms with van der Waals surface area (Å²) < 4.78 is 10.3. The van der Waals surface area contributed by atoms with E-state index < -0.39 is 5.97 Å². The Morgan fingerprint density at radius 1 is 1.29 bits per heavy atom. The van der Waals surface area contributed by atoms with Crippen LogP contribution in [0, 0.1) is 0 Å². The second kappa shape index (κ2) is 6.81. The standard InChI is InChI=1S/C15H14N2O3S/c1-19-15(18)10-6-7-11(17-8-10)9-20-13-5-3-2-4-12(13)14(16)21/h2-8H,9H2,1H3,(H2,16,21). The second-order valence-corrected chi connectivity index (χ2v) is 4.62. The molecule has 0 aliphatic carbocycles. The first-order chi connectivity index (χ1) is 10.1. The monoisotopic (exact) mass is 302 g/mol. The molecule has 0 radical (unpaired) electrons. The molecule has 0 saturated heterocycles. The van der Waals surface area contributed by atoms with Gasteiger partial charge in [0.05, 0.1) is 23.9 Å². The van der Waals surface area contributed by atoms with Gasteiger partial charge in [-0.1, -0.05) is 24.4 Å². The van der Waals surface area contributed by atoms with Crippen LogP contribution in [0.1, 0.15) is 21.6 Å². The van der Waals surface area contributed by atoms with Gasteiger partial charge in [0, 0.05) is 6.20 Å². The normalized spacial score (nSPS) is 9.95. The smallest absolute Gasteiger partial charge is 0.339 e. The Morgan fingerprint density at radius 2 is 2.05 bits per heavy atom. The van der Waals surface area contributed by atoms with E-state index in [4.69, 9.17) is 22.7 Å². The van der Waals surface area contributed by atoms with Crippen molar-refractivity contribution in [2.24, 2.45) is 5.73 Å². The first-order valence-electron chi connectivity index (χ1n) is 6.16. The predicted octanol–water partition coefficient (Wildman–Crippen LogP) is 2.08. The Balaban J connectivity index is 2.07. The van der Waals surface area contributed by atoms with Crippen LogP contribution in [0.25, 0.3) is 0 Å². The SMILES string of the molecule is COC(=O)c1ccc(COc2ccccc2C(N)=S)nc1. The Labute approximate surface area is 127 Å². The van der Waals surface area contributed by atoms with Crippen LogP contribution in [-0.2, 0) is 11.3 Å². The number of methoxy groups -OCH3 is 1. The summed E-state index contributed by atoms with van der Waals surface area (Å²) in [6.07, 6.45) is 1.45. The number of nitrogens with zero attached hydrogens (tertiary/aromatic N) is 1. The molecule has 2 aromatic rings. The fourth-order valence-corrected chi connectivity index (χ4v) is 1.86. The van der Waals surface area contributed by atoms with Gasteiger partial charge in [0.1, 0.15) is 17.3 Å². The molecular weight excluding hydrogens is 288 g/mol. The van der Waals surface area contributed by atoms with Crippen molar-refractivity contribution in [2.75, 3.05) is 7.11 Å². The number of rotatable bonds is 5. The minimum atomic E-state index is -0.422. The molecule has 0 amide bonds. The van der Waals surface area contributed by atoms with Crippen molar-refractivity contribution in [2.45, 2.75) is 6.61 Å². The van der Waals surface area contributed by atoms with Crippen LogP contribution in [0.5, 0.6) is 5.75 Å². The van der Waals surface area contributed by atoms with Gasteiger partial charge in [-0.15, -0.1) is 0 Å². The maximum absolute atomic E-state index is 11.3. The number of hydrogen-bond acceptors (Lipinski definition) is 5. The van der Waals surface area contributed by atoms with E-state index in [0.717, 1.165) is 0 Å². The summed E-state index contributed by atoms with van der Waals surface area (Å²) in [5.74, 6) is 0.178. The lowest BCUT2D eigenvalue weighted by molar-refractivity contribution is 0.0600. The minimum absolute atomic E-state index is 0.251. The third-order valence-corrected chi connectivity index (χ3v) is 2.99. The predicted molar refractivity (Wildman–Crippen MR) is 82.2 cm³/mol. The number of hydrogen-bond donors (Lipinski definition) is 1. The van der Waals surface area contributed by atoms with E-state index >= 15 is 0 Å². The molecule has 0 saturated carbocycles. The molecule has 0 atom stereocenters. The maximum Gasteiger partial charge on any atom is 0.339 e. The molecular formula is C15H14N2O3S. The summed E-state index contributed by atoms with van der Waals surface area (Å²) in [6, 6.07) is 10.6. The van der Waals surface area contributed by atoms with Crippen molar-refractivity contribution in [1.29, 1.82) is 0 Å². The number of nitrogens with two attached hydrogens (primary N) is 1. The van der Waals surface area contributed by atoms with E-state index in [1.165, 1.54) is 13.3 Å². The third-order valence-electron chi connectivity index (χ3n) is 2.77. The average molecular weight is 302 g/mol. The Kier molecular flexibility index (Phi) is 4.84. The number of para-hydroxylation sites is 1. The summed E-state index contributed by atoms with van der Waals surface area (Å²) in [4.78, 5) is 15.7. The molecule has 1 aromatic carbocycles. The Hall–Kier alpha value is -2.47. The second-order valence-electron chi connectivity index (χ2n) is 4.18. The summed E-state index contributed by atoms with van der Waals surface area (Å²) in [6.45, 7) is 0.251. The molecule has 0 fully saturated rings.